The average Bonchev–Trinajstić information content (AvgIpc) is 3.00. The van der Waals surface area contributed by atoms with Gasteiger partial charge in [0.05, 0.1) is 0 Å². The smallest absolute Gasteiger partial charge is 0.196 e. The van der Waals surface area contributed by atoms with Gasteiger partial charge < -0.3 is 5.11 Å². The van der Waals surface area contributed by atoms with Crippen molar-refractivity contribution in [3.8, 4) is 17.1 Å². The Hall–Kier alpha value is -1.89. The van der Waals surface area contributed by atoms with Crippen molar-refractivity contribution >= 4 is 23.4 Å². The number of rotatable bonds is 6. The molecule has 0 saturated heterocycles. The molecular weight excluding hydrogens is 332 g/mol. The highest BCUT2D eigenvalue weighted by Gasteiger charge is 2.15. The molecule has 0 spiro atoms. The molecule has 0 fully saturated rings. The zero-order valence-corrected chi connectivity index (χ0v) is 13.8. The molecule has 3 rings (SSSR count). The third kappa shape index (κ3) is 3.72. The Morgan fingerprint density at radius 2 is 1.78 bits per heavy atom. The second kappa shape index (κ2) is 7.59. The van der Waals surface area contributed by atoms with Crippen molar-refractivity contribution in [1.82, 2.24) is 19.7 Å². The maximum absolute atomic E-state index is 8.97. The van der Waals surface area contributed by atoms with Gasteiger partial charge in [0.15, 0.2) is 11.0 Å². The van der Waals surface area contributed by atoms with Gasteiger partial charge in [0.2, 0.25) is 0 Å². The first-order chi connectivity index (χ1) is 11.3. The van der Waals surface area contributed by atoms with Gasteiger partial charge in [-0.1, -0.05) is 23.4 Å². The second-order valence-corrected chi connectivity index (χ2v) is 6.28. The van der Waals surface area contributed by atoms with E-state index >= 15 is 0 Å². The maximum Gasteiger partial charge on any atom is 0.196 e. The first-order valence-corrected chi connectivity index (χ1v) is 8.51. The van der Waals surface area contributed by atoms with Gasteiger partial charge in [0, 0.05) is 41.0 Å². The molecule has 0 atom stereocenters. The zero-order valence-electron chi connectivity index (χ0n) is 12.3. The SMILES string of the molecule is OCCCSc1nnc(-c2ccncc2)n1-c1ccc(Cl)cc1. The molecule has 0 saturated carbocycles. The second-order valence-electron chi connectivity index (χ2n) is 4.78. The van der Waals surface area contributed by atoms with E-state index in [1.165, 1.54) is 0 Å². The predicted molar refractivity (Wildman–Crippen MR) is 92.0 cm³/mol. The topological polar surface area (TPSA) is 63.8 Å². The van der Waals surface area contributed by atoms with Crippen molar-refractivity contribution in [3.05, 3.63) is 53.8 Å². The molecule has 0 radical (unpaired) electrons. The van der Waals surface area contributed by atoms with Crippen molar-refractivity contribution < 1.29 is 5.11 Å². The van der Waals surface area contributed by atoms with Gasteiger partial charge in [-0.05, 0) is 42.8 Å². The van der Waals surface area contributed by atoms with Crippen LogP contribution in [0.5, 0.6) is 0 Å². The molecule has 1 N–H and O–H groups in total. The lowest BCUT2D eigenvalue weighted by Gasteiger charge is -2.10. The van der Waals surface area contributed by atoms with Crippen LogP contribution in [0.1, 0.15) is 6.42 Å². The lowest BCUT2D eigenvalue weighted by atomic mass is 10.2. The number of benzene rings is 1. The number of aliphatic hydroxyl groups is 1. The lowest BCUT2D eigenvalue weighted by Crippen LogP contribution is -2.00. The minimum Gasteiger partial charge on any atom is -0.396 e. The van der Waals surface area contributed by atoms with Crippen molar-refractivity contribution in [3.63, 3.8) is 0 Å². The Morgan fingerprint density at radius 1 is 1.04 bits per heavy atom. The molecule has 5 nitrogen and oxygen atoms in total. The Kier molecular flexibility index (Phi) is 5.27. The molecule has 0 unspecified atom stereocenters. The molecule has 0 bridgehead atoms. The molecular formula is C16H15ClN4OS. The molecule has 3 aromatic rings. The molecule has 0 amide bonds. The standard InChI is InChI=1S/C16H15ClN4OS/c17-13-2-4-14(5-3-13)21-15(12-6-8-18-9-7-12)19-20-16(21)23-11-1-10-22/h2-9,22H,1,10-11H2. The number of nitrogens with zero attached hydrogens (tertiary/aromatic N) is 4. The fraction of sp³-hybridized carbons (Fsp3) is 0.188. The summed E-state index contributed by atoms with van der Waals surface area (Å²) in [7, 11) is 0. The van der Waals surface area contributed by atoms with Gasteiger partial charge in [-0.2, -0.15) is 0 Å². The van der Waals surface area contributed by atoms with Crippen LogP contribution in [0.3, 0.4) is 0 Å². The number of pyridine rings is 1. The summed E-state index contributed by atoms with van der Waals surface area (Å²) >= 11 is 7.56. The molecule has 0 aliphatic carbocycles. The number of halogens is 1. The van der Waals surface area contributed by atoms with Crippen LogP contribution in [0, 0.1) is 0 Å². The number of thioether (sulfide) groups is 1. The van der Waals surface area contributed by atoms with E-state index in [1.54, 1.807) is 24.2 Å². The predicted octanol–water partition coefficient (Wildman–Crippen LogP) is 3.46. The van der Waals surface area contributed by atoms with Crippen molar-refractivity contribution in [2.24, 2.45) is 0 Å². The Balaban J connectivity index is 2.04. The first-order valence-electron chi connectivity index (χ1n) is 7.15. The summed E-state index contributed by atoms with van der Waals surface area (Å²) in [4.78, 5) is 4.04. The Morgan fingerprint density at radius 3 is 2.48 bits per heavy atom. The van der Waals surface area contributed by atoms with E-state index in [2.05, 4.69) is 15.2 Å². The average molecular weight is 347 g/mol. The van der Waals surface area contributed by atoms with Crippen molar-refractivity contribution in [1.29, 1.82) is 0 Å². The van der Waals surface area contributed by atoms with E-state index in [9.17, 15) is 0 Å². The lowest BCUT2D eigenvalue weighted by molar-refractivity contribution is 0.296. The summed E-state index contributed by atoms with van der Waals surface area (Å²) in [6.45, 7) is 0.166. The highest BCUT2D eigenvalue weighted by atomic mass is 35.5. The molecule has 0 aliphatic heterocycles. The van der Waals surface area contributed by atoms with Crippen LogP contribution in [0.15, 0.2) is 53.9 Å². The molecule has 2 aromatic heterocycles. The van der Waals surface area contributed by atoms with Crippen LogP contribution in [0.25, 0.3) is 17.1 Å². The van der Waals surface area contributed by atoms with Crippen LogP contribution in [0.2, 0.25) is 5.02 Å². The van der Waals surface area contributed by atoms with Crippen LogP contribution < -0.4 is 0 Å². The summed E-state index contributed by atoms with van der Waals surface area (Å²) in [5, 5.41) is 19.1. The van der Waals surface area contributed by atoms with Gasteiger partial charge in [0.25, 0.3) is 0 Å². The monoisotopic (exact) mass is 346 g/mol. The Bertz CT molecular complexity index is 762. The first kappa shape index (κ1) is 16.0. The van der Waals surface area contributed by atoms with E-state index < -0.39 is 0 Å². The van der Waals surface area contributed by atoms with E-state index in [0.29, 0.717) is 11.4 Å². The largest absolute Gasteiger partial charge is 0.396 e. The van der Waals surface area contributed by atoms with Crippen LogP contribution in [0.4, 0.5) is 0 Å². The van der Waals surface area contributed by atoms with E-state index in [-0.39, 0.29) is 6.61 Å². The number of aromatic nitrogens is 4. The summed E-state index contributed by atoms with van der Waals surface area (Å²) < 4.78 is 1.99. The Labute approximate surface area is 143 Å². The third-order valence-electron chi connectivity index (χ3n) is 3.19. The third-order valence-corrected chi connectivity index (χ3v) is 4.46. The van der Waals surface area contributed by atoms with Gasteiger partial charge in [0.1, 0.15) is 0 Å². The van der Waals surface area contributed by atoms with Gasteiger partial charge >= 0.3 is 0 Å². The quantitative estimate of drug-likeness (QED) is 0.547. The van der Waals surface area contributed by atoms with Crippen molar-refractivity contribution in [2.45, 2.75) is 11.6 Å². The summed E-state index contributed by atoms with van der Waals surface area (Å²) in [5.74, 6) is 1.53. The van der Waals surface area contributed by atoms with Gasteiger partial charge in [-0.25, -0.2) is 0 Å². The summed E-state index contributed by atoms with van der Waals surface area (Å²) in [5.41, 5.74) is 1.88. The van der Waals surface area contributed by atoms with E-state index in [4.69, 9.17) is 16.7 Å². The maximum atomic E-state index is 8.97. The molecule has 7 heteroatoms. The van der Waals surface area contributed by atoms with Crippen molar-refractivity contribution in [2.75, 3.05) is 12.4 Å². The number of hydrogen-bond acceptors (Lipinski definition) is 5. The normalized spacial score (nSPS) is 10.9. The molecule has 118 valence electrons. The van der Waals surface area contributed by atoms with E-state index in [0.717, 1.165) is 28.0 Å². The highest BCUT2D eigenvalue weighted by Crippen LogP contribution is 2.28. The minimum absolute atomic E-state index is 0.166. The summed E-state index contributed by atoms with van der Waals surface area (Å²) in [6.07, 6.45) is 4.17. The highest BCUT2D eigenvalue weighted by molar-refractivity contribution is 7.99. The molecule has 2 heterocycles. The molecule has 1 aromatic carbocycles. The zero-order chi connectivity index (χ0) is 16.1. The number of hydrogen-bond donors (Lipinski definition) is 1. The summed E-state index contributed by atoms with van der Waals surface area (Å²) in [6, 6.07) is 11.4. The minimum atomic E-state index is 0.166. The van der Waals surface area contributed by atoms with Gasteiger partial charge in [-0.3, -0.25) is 9.55 Å². The fourth-order valence-corrected chi connectivity index (χ4v) is 3.10. The van der Waals surface area contributed by atoms with E-state index in [1.807, 2.05) is 41.0 Å². The number of aliphatic hydroxyl groups excluding tert-OH is 1. The molecule has 0 aliphatic rings. The van der Waals surface area contributed by atoms with Crippen LogP contribution >= 0.6 is 23.4 Å². The fourth-order valence-electron chi connectivity index (χ4n) is 2.10. The van der Waals surface area contributed by atoms with Crippen LogP contribution in [-0.4, -0.2) is 37.2 Å². The van der Waals surface area contributed by atoms with Gasteiger partial charge in [-0.15, -0.1) is 10.2 Å². The molecule has 23 heavy (non-hydrogen) atoms. The van der Waals surface area contributed by atoms with Crippen LogP contribution in [-0.2, 0) is 0 Å².